The summed E-state index contributed by atoms with van der Waals surface area (Å²) in [4.78, 5) is 4.73. The summed E-state index contributed by atoms with van der Waals surface area (Å²) in [6.07, 6.45) is 2.00. The zero-order valence-corrected chi connectivity index (χ0v) is 14.7. The fourth-order valence-electron chi connectivity index (χ4n) is 2.36. The summed E-state index contributed by atoms with van der Waals surface area (Å²) in [6.45, 7) is 6.52. The van der Waals surface area contributed by atoms with Gasteiger partial charge in [-0.05, 0) is 36.6 Å². The first-order chi connectivity index (χ1) is 10.5. The highest BCUT2D eigenvalue weighted by atomic mass is 35.5. The Labute approximate surface area is 140 Å². The molecule has 0 unspecified atom stereocenters. The van der Waals surface area contributed by atoms with Gasteiger partial charge in [0.05, 0.1) is 5.69 Å². The van der Waals surface area contributed by atoms with Gasteiger partial charge in [0.15, 0.2) is 10.8 Å². The Bertz CT molecular complexity index is 782. The lowest BCUT2D eigenvalue weighted by Gasteiger charge is -2.13. The highest BCUT2D eigenvalue weighted by Crippen LogP contribution is 2.33. The minimum absolute atomic E-state index is 0.0650. The zero-order valence-electron chi connectivity index (χ0n) is 13.1. The van der Waals surface area contributed by atoms with Crippen LogP contribution in [0.25, 0.3) is 21.7 Å². The highest BCUT2D eigenvalue weighted by molar-refractivity contribution is 7.13. The first-order valence-electron chi connectivity index (χ1n) is 7.52. The topological polar surface area (TPSA) is 26.0 Å². The Morgan fingerprint density at radius 1 is 1.23 bits per heavy atom. The van der Waals surface area contributed by atoms with Crippen molar-refractivity contribution in [2.75, 3.05) is 5.88 Å². The molecule has 116 valence electrons. The first kappa shape index (κ1) is 15.6. The molecule has 3 aromatic rings. The lowest BCUT2D eigenvalue weighted by atomic mass is 9.93. The van der Waals surface area contributed by atoms with Crippen molar-refractivity contribution >= 4 is 33.9 Å². The summed E-state index contributed by atoms with van der Waals surface area (Å²) >= 11 is 7.41. The number of rotatable bonds is 4. The summed E-state index contributed by atoms with van der Waals surface area (Å²) in [6, 6.07) is 8.43. The minimum Gasteiger partial charge on any atom is -0.454 e. The second kappa shape index (κ2) is 6.05. The maximum Gasteiger partial charge on any atom is 0.164 e. The smallest absolute Gasteiger partial charge is 0.164 e. The summed E-state index contributed by atoms with van der Waals surface area (Å²) in [7, 11) is 0. The third kappa shape index (κ3) is 3.21. The number of hydrogen-bond acceptors (Lipinski definition) is 3. The van der Waals surface area contributed by atoms with Crippen LogP contribution in [0.1, 0.15) is 38.4 Å². The van der Waals surface area contributed by atoms with Crippen LogP contribution in [0.15, 0.2) is 34.1 Å². The number of halogens is 1. The summed E-state index contributed by atoms with van der Waals surface area (Å²) in [5, 5.41) is 4.20. The van der Waals surface area contributed by atoms with Gasteiger partial charge in [0, 0.05) is 22.1 Å². The van der Waals surface area contributed by atoms with E-state index in [4.69, 9.17) is 21.0 Å². The van der Waals surface area contributed by atoms with E-state index in [1.54, 1.807) is 11.3 Å². The number of furan rings is 1. The molecule has 3 rings (SSSR count). The molecule has 0 fully saturated rings. The zero-order chi connectivity index (χ0) is 15.7. The Morgan fingerprint density at radius 3 is 2.73 bits per heavy atom. The lowest BCUT2D eigenvalue weighted by Crippen LogP contribution is -2.11. The molecule has 0 spiro atoms. The van der Waals surface area contributed by atoms with E-state index >= 15 is 0 Å². The molecular weight excluding hydrogens is 314 g/mol. The standard InChI is InChI=1S/C18H20ClNOS/c1-18(2,3)16-11-22-17(20-16)15-10-13-9-12(5-4-8-19)6-7-14(13)21-15/h6-7,9-11H,4-5,8H2,1-3H3. The van der Waals surface area contributed by atoms with Crippen molar-refractivity contribution in [2.24, 2.45) is 0 Å². The van der Waals surface area contributed by atoms with E-state index in [2.05, 4.69) is 44.4 Å². The normalized spacial score (nSPS) is 12.2. The van der Waals surface area contributed by atoms with E-state index in [1.807, 2.05) is 6.07 Å². The van der Waals surface area contributed by atoms with Gasteiger partial charge in [-0.15, -0.1) is 22.9 Å². The molecule has 4 heteroatoms. The summed E-state index contributed by atoms with van der Waals surface area (Å²) < 4.78 is 5.96. The number of hydrogen-bond donors (Lipinski definition) is 0. The van der Waals surface area contributed by atoms with Crippen molar-refractivity contribution in [3.63, 3.8) is 0 Å². The molecule has 0 saturated heterocycles. The van der Waals surface area contributed by atoms with Gasteiger partial charge in [0.2, 0.25) is 0 Å². The van der Waals surface area contributed by atoms with E-state index in [9.17, 15) is 0 Å². The van der Waals surface area contributed by atoms with Gasteiger partial charge in [0.1, 0.15) is 5.58 Å². The number of aryl methyl sites for hydroxylation is 1. The molecule has 0 N–H and O–H groups in total. The van der Waals surface area contributed by atoms with Crippen LogP contribution in [-0.4, -0.2) is 10.9 Å². The third-order valence-corrected chi connectivity index (χ3v) is 4.79. The van der Waals surface area contributed by atoms with Crippen molar-refractivity contribution in [1.82, 2.24) is 4.98 Å². The molecule has 1 aromatic carbocycles. The fourth-order valence-corrected chi connectivity index (χ4v) is 3.49. The van der Waals surface area contributed by atoms with Gasteiger partial charge < -0.3 is 4.42 Å². The van der Waals surface area contributed by atoms with Crippen LogP contribution in [0.4, 0.5) is 0 Å². The number of nitrogens with zero attached hydrogens (tertiary/aromatic N) is 1. The predicted molar refractivity (Wildman–Crippen MR) is 95.1 cm³/mol. The molecule has 2 nitrogen and oxygen atoms in total. The second-order valence-corrected chi connectivity index (χ2v) is 7.80. The molecule has 0 aliphatic rings. The highest BCUT2D eigenvalue weighted by Gasteiger charge is 2.19. The van der Waals surface area contributed by atoms with Gasteiger partial charge in [-0.1, -0.05) is 26.8 Å². The van der Waals surface area contributed by atoms with Crippen LogP contribution in [-0.2, 0) is 11.8 Å². The molecule has 0 atom stereocenters. The van der Waals surface area contributed by atoms with E-state index in [1.165, 1.54) is 5.56 Å². The second-order valence-electron chi connectivity index (χ2n) is 6.56. The molecule has 0 bridgehead atoms. The average Bonchev–Trinajstić information content (AvgIpc) is 3.10. The molecule has 0 amide bonds. The largest absolute Gasteiger partial charge is 0.454 e. The van der Waals surface area contributed by atoms with Crippen molar-refractivity contribution in [3.05, 3.63) is 40.9 Å². The van der Waals surface area contributed by atoms with Gasteiger partial charge in [-0.3, -0.25) is 0 Å². The molecule has 0 aliphatic carbocycles. The Morgan fingerprint density at radius 2 is 2.05 bits per heavy atom. The lowest BCUT2D eigenvalue weighted by molar-refractivity contribution is 0.571. The molecule has 0 radical (unpaired) electrons. The van der Waals surface area contributed by atoms with Crippen LogP contribution < -0.4 is 0 Å². The molecule has 2 heterocycles. The Balaban J connectivity index is 1.93. The van der Waals surface area contributed by atoms with Gasteiger partial charge in [0.25, 0.3) is 0 Å². The Kier molecular flexibility index (Phi) is 4.28. The van der Waals surface area contributed by atoms with Crippen molar-refractivity contribution in [1.29, 1.82) is 0 Å². The quantitative estimate of drug-likeness (QED) is 0.545. The molecule has 0 saturated carbocycles. The van der Waals surface area contributed by atoms with E-state index in [0.717, 1.165) is 40.3 Å². The van der Waals surface area contributed by atoms with Gasteiger partial charge in [-0.2, -0.15) is 0 Å². The SMILES string of the molecule is CC(C)(C)c1csc(-c2cc3cc(CCCCl)ccc3o2)n1. The van der Waals surface area contributed by atoms with Crippen molar-refractivity contribution < 1.29 is 4.42 Å². The third-order valence-electron chi connectivity index (χ3n) is 3.66. The van der Waals surface area contributed by atoms with Crippen molar-refractivity contribution in [3.8, 4) is 10.8 Å². The first-order valence-corrected chi connectivity index (χ1v) is 8.93. The molecule has 0 aliphatic heterocycles. The fraction of sp³-hybridized carbons (Fsp3) is 0.389. The predicted octanol–water partition coefficient (Wildman–Crippen LogP) is 6.03. The molecular formula is C18H20ClNOS. The van der Waals surface area contributed by atoms with E-state index in [0.29, 0.717) is 5.88 Å². The van der Waals surface area contributed by atoms with E-state index in [-0.39, 0.29) is 5.41 Å². The van der Waals surface area contributed by atoms with Crippen LogP contribution in [0.5, 0.6) is 0 Å². The van der Waals surface area contributed by atoms with Crippen LogP contribution in [0.2, 0.25) is 0 Å². The summed E-state index contributed by atoms with van der Waals surface area (Å²) in [5.74, 6) is 1.55. The van der Waals surface area contributed by atoms with Crippen LogP contribution >= 0.6 is 22.9 Å². The maximum atomic E-state index is 5.96. The van der Waals surface area contributed by atoms with Gasteiger partial charge in [-0.25, -0.2) is 4.98 Å². The number of aromatic nitrogens is 1. The number of alkyl halides is 1. The number of benzene rings is 1. The minimum atomic E-state index is 0.0650. The Hall–Kier alpha value is -1.32. The van der Waals surface area contributed by atoms with E-state index < -0.39 is 0 Å². The monoisotopic (exact) mass is 333 g/mol. The number of fused-ring (bicyclic) bond motifs is 1. The van der Waals surface area contributed by atoms with Crippen molar-refractivity contribution in [2.45, 2.75) is 39.0 Å². The molecule has 22 heavy (non-hydrogen) atoms. The molecule has 2 aromatic heterocycles. The average molecular weight is 334 g/mol. The maximum absolute atomic E-state index is 5.96. The van der Waals surface area contributed by atoms with Gasteiger partial charge >= 0.3 is 0 Å². The van der Waals surface area contributed by atoms with Crippen LogP contribution in [0, 0.1) is 0 Å². The van der Waals surface area contributed by atoms with Crippen LogP contribution in [0.3, 0.4) is 0 Å². The summed E-state index contributed by atoms with van der Waals surface area (Å²) in [5.41, 5.74) is 3.39. The number of thiazole rings is 1.